The molecule has 1 fully saturated rings. The van der Waals surface area contributed by atoms with Crippen LogP contribution in [0.25, 0.3) is 0 Å². The molecule has 0 radical (unpaired) electrons. The summed E-state index contributed by atoms with van der Waals surface area (Å²) in [6.07, 6.45) is 1.22. The highest BCUT2D eigenvalue weighted by molar-refractivity contribution is 7.09. The van der Waals surface area contributed by atoms with Crippen LogP contribution < -0.4 is 5.32 Å². The zero-order chi connectivity index (χ0) is 19.6. The lowest BCUT2D eigenvalue weighted by atomic mass is 10.1. The first-order valence-electron chi connectivity index (χ1n) is 9.10. The normalized spacial score (nSPS) is 16.8. The highest BCUT2D eigenvalue weighted by atomic mass is 32.1. The molecule has 1 aromatic heterocycles. The van der Waals surface area contributed by atoms with Crippen molar-refractivity contribution in [2.45, 2.75) is 32.7 Å². The van der Waals surface area contributed by atoms with Gasteiger partial charge in [0.2, 0.25) is 5.91 Å². The number of anilines is 1. The van der Waals surface area contributed by atoms with Crippen molar-refractivity contribution in [2.75, 3.05) is 32.5 Å². The zero-order valence-electron chi connectivity index (χ0n) is 16.3. The summed E-state index contributed by atoms with van der Waals surface area (Å²) >= 11 is 1.53. The summed E-state index contributed by atoms with van der Waals surface area (Å²) in [6, 6.07) is 5.90. The molecule has 2 heterocycles. The van der Waals surface area contributed by atoms with Gasteiger partial charge in [-0.05, 0) is 52.1 Å². The number of carbonyl (C=O) groups excluding carboxylic acids is 2. The van der Waals surface area contributed by atoms with E-state index >= 15 is 0 Å². The van der Waals surface area contributed by atoms with E-state index in [1.807, 2.05) is 50.4 Å². The Balaban J connectivity index is 1.68. The van der Waals surface area contributed by atoms with Gasteiger partial charge in [-0.2, -0.15) is 0 Å². The second-order valence-corrected chi connectivity index (χ2v) is 8.33. The number of rotatable bonds is 5. The van der Waals surface area contributed by atoms with Crippen LogP contribution in [-0.4, -0.2) is 59.8 Å². The number of amides is 2. The van der Waals surface area contributed by atoms with E-state index in [2.05, 4.69) is 15.2 Å². The lowest BCUT2D eigenvalue weighted by Gasteiger charge is -2.21. The maximum absolute atomic E-state index is 12.8. The van der Waals surface area contributed by atoms with Gasteiger partial charge in [0.25, 0.3) is 5.91 Å². The molecule has 2 amide bonds. The van der Waals surface area contributed by atoms with Gasteiger partial charge < -0.3 is 15.1 Å². The average molecular weight is 387 g/mol. The predicted molar refractivity (Wildman–Crippen MR) is 108 cm³/mol. The summed E-state index contributed by atoms with van der Waals surface area (Å²) in [5.41, 5.74) is 2.99. The van der Waals surface area contributed by atoms with Crippen LogP contribution in [0.3, 0.4) is 0 Å². The van der Waals surface area contributed by atoms with Crippen molar-refractivity contribution >= 4 is 28.8 Å². The predicted octanol–water partition coefficient (Wildman–Crippen LogP) is 2.72. The number of aromatic nitrogens is 1. The standard InChI is InChI=1S/C20H26N4O2S/c1-13-5-6-15(20(26)24-8-7-17(11-24)23(3)4)9-18(13)22-19(25)10-16-12-27-14(2)21-16/h5-6,9,12,17H,7-8,10-11H2,1-4H3,(H,22,25). The average Bonchev–Trinajstić information content (AvgIpc) is 3.25. The molecule has 6 nitrogen and oxygen atoms in total. The van der Waals surface area contributed by atoms with Crippen molar-refractivity contribution in [2.24, 2.45) is 0 Å². The molecular formula is C20H26N4O2S. The summed E-state index contributed by atoms with van der Waals surface area (Å²) in [5.74, 6) is -0.105. The molecule has 1 N–H and O–H groups in total. The minimum Gasteiger partial charge on any atom is -0.337 e. The number of likely N-dealkylation sites (tertiary alicyclic amines) is 1. The Kier molecular flexibility index (Phi) is 5.92. The van der Waals surface area contributed by atoms with E-state index in [9.17, 15) is 9.59 Å². The molecule has 1 unspecified atom stereocenters. The summed E-state index contributed by atoms with van der Waals surface area (Å²) < 4.78 is 0. The SMILES string of the molecule is Cc1nc(CC(=O)Nc2cc(C(=O)N3CCC(N(C)C)C3)ccc2C)cs1. The van der Waals surface area contributed by atoms with Gasteiger partial charge in [-0.25, -0.2) is 4.98 Å². The molecule has 1 saturated heterocycles. The summed E-state index contributed by atoms with van der Waals surface area (Å²) in [4.78, 5) is 33.6. The third-order valence-corrected chi connectivity index (χ3v) is 5.77. The maximum atomic E-state index is 12.8. The number of aryl methyl sites for hydroxylation is 2. The highest BCUT2D eigenvalue weighted by Gasteiger charge is 2.28. The van der Waals surface area contributed by atoms with Crippen LogP contribution in [-0.2, 0) is 11.2 Å². The highest BCUT2D eigenvalue weighted by Crippen LogP contribution is 2.21. The molecule has 27 heavy (non-hydrogen) atoms. The van der Waals surface area contributed by atoms with Crippen molar-refractivity contribution in [1.82, 2.24) is 14.8 Å². The van der Waals surface area contributed by atoms with Crippen molar-refractivity contribution in [3.63, 3.8) is 0 Å². The van der Waals surface area contributed by atoms with Crippen LogP contribution in [0.2, 0.25) is 0 Å². The van der Waals surface area contributed by atoms with Crippen LogP contribution in [0.1, 0.15) is 33.0 Å². The van der Waals surface area contributed by atoms with Gasteiger partial charge >= 0.3 is 0 Å². The monoisotopic (exact) mass is 386 g/mol. The largest absolute Gasteiger partial charge is 0.337 e. The van der Waals surface area contributed by atoms with Gasteiger partial charge in [0.1, 0.15) is 0 Å². The Morgan fingerprint density at radius 1 is 1.33 bits per heavy atom. The second kappa shape index (κ2) is 8.19. The number of hydrogen-bond donors (Lipinski definition) is 1. The van der Waals surface area contributed by atoms with Gasteiger partial charge in [-0.3, -0.25) is 9.59 Å². The molecular weight excluding hydrogens is 360 g/mol. The lowest BCUT2D eigenvalue weighted by Crippen LogP contribution is -2.34. The lowest BCUT2D eigenvalue weighted by molar-refractivity contribution is -0.115. The van der Waals surface area contributed by atoms with E-state index in [0.717, 1.165) is 35.8 Å². The quantitative estimate of drug-likeness (QED) is 0.858. The van der Waals surface area contributed by atoms with E-state index in [0.29, 0.717) is 17.3 Å². The molecule has 1 aliphatic heterocycles. The molecule has 0 aliphatic carbocycles. The first-order valence-corrected chi connectivity index (χ1v) is 9.98. The number of likely N-dealkylation sites (N-methyl/N-ethyl adjacent to an activating group) is 1. The zero-order valence-corrected chi connectivity index (χ0v) is 17.1. The smallest absolute Gasteiger partial charge is 0.253 e. The minimum atomic E-state index is -0.123. The van der Waals surface area contributed by atoms with Gasteiger partial charge in [0.05, 0.1) is 17.1 Å². The second-order valence-electron chi connectivity index (χ2n) is 7.27. The van der Waals surface area contributed by atoms with Crippen molar-refractivity contribution < 1.29 is 9.59 Å². The molecule has 7 heteroatoms. The molecule has 1 atom stereocenters. The van der Waals surface area contributed by atoms with Crippen LogP contribution in [0.5, 0.6) is 0 Å². The topological polar surface area (TPSA) is 65.5 Å². The third-order valence-electron chi connectivity index (χ3n) is 4.95. The molecule has 2 aromatic rings. The van der Waals surface area contributed by atoms with Gasteiger partial charge in [-0.15, -0.1) is 11.3 Å². The van der Waals surface area contributed by atoms with Crippen LogP contribution >= 0.6 is 11.3 Å². The Bertz CT molecular complexity index is 846. The van der Waals surface area contributed by atoms with Crippen molar-refractivity contribution in [1.29, 1.82) is 0 Å². The first-order chi connectivity index (χ1) is 12.8. The molecule has 0 spiro atoms. The third kappa shape index (κ3) is 4.73. The molecule has 0 bridgehead atoms. The van der Waals surface area contributed by atoms with Crippen molar-refractivity contribution in [3.05, 3.63) is 45.4 Å². The molecule has 144 valence electrons. The number of nitrogens with zero attached hydrogens (tertiary/aromatic N) is 3. The minimum absolute atomic E-state index is 0.0185. The number of nitrogens with one attached hydrogen (secondary N) is 1. The number of hydrogen-bond acceptors (Lipinski definition) is 5. The molecule has 3 rings (SSSR count). The fourth-order valence-corrected chi connectivity index (χ4v) is 3.88. The van der Waals surface area contributed by atoms with E-state index < -0.39 is 0 Å². The van der Waals surface area contributed by atoms with Crippen LogP contribution in [0, 0.1) is 13.8 Å². The van der Waals surface area contributed by atoms with E-state index in [1.54, 1.807) is 6.07 Å². The van der Waals surface area contributed by atoms with E-state index in [1.165, 1.54) is 11.3 Å². The summed E-state index contributed by atoms with van der Waals surface area (Å²) in [7, 11) is 4.09. The van der Waals surface area contributed by atoms with Crippen LogP contribution in [0.15, 0.2) is 23.6 Å². The number of benzene rings is 1. The van der Waals surface area contributed by atoms with Gasteiger partial charge in [-0.1, -0.05) is 6.07 Å². The molecule has 1 aliphatic rings. The molecule has 1 aromatic carbocycles. The number of carbonyl (C=O) groups is 2. The Hall–Kier alpha value is -2.25. The van der Waals surface area contributed by atoms with Crippen molar-refractivity contribution in [3.8, 4) is 0 Å². The Labute approximate surface area is 164 Å². The fourth-order valence-electron chi connectivity index (χ4n) is 3.27. The van der Waals surface area contributed by atoms with E-state index in [-0.39, 0.29) is 18.2 Å². The number of thiazole rings is 1. The van der Waals surface area contributed by atoms with Crippen LogP contribution in [0.4, 0.5) is 5.69 Å². The summed E-state index contributed by atoms with van der Waals surface area (Å²) in [6.45, 7) is 5.35. The van der Waals surface area contributed by atoms with E-state index in [4.69, 9.17) is 0 Å². The maximum Gasteiger partial charge on any atom is 0.253 e. The Morgan fingerprint density at radius 3 is 2.74 bits per heavy atom. The van der Waals surface area contributed by atoms with Gasteiger partial charge in [0, 0.05) is 35.8 Å². The first kappa shape index (κ1) is 19.5. The summed E-state index contributed by atoms with van der Waals surface area (Å²) in [5, 5.41) is 5.77. The molecule has 0 saturated carbocycles. The fraction of sp³-hybridized carbons (Fsp3) is 0.450. The Morgan fingerprint density at radius 2 is 2.11 bits per heavy atom. The van der Waals surface area contributed by atoms with Gasteiger partial charge in [0.15, 0.2) is 0 Å².